The molecule has 11 heteroatoms. The average molecular weight is 547 g/mol. The van der Waals surface area contributed by atoms with Gasteiger partial charge in [0, 0.05) is 49.7 Å². The molecule has 0 amide bonds. The third-order valence-electron chi connectivity index (χ3n) is 7.50. The molecule has 3 aliphatic rings. The van der Waals surface area contributed by atoms with Crippen molar-refractivity contribution in [1.82, 2.24) is 25.2 Å². The van der Waals surface area contributed by atoms with E-state index in [9.17, 15) is 9.65 Å². The van der Waals surface area contributed by atoms with Crippen LogP contribution in [0.5, 0.6) is 5.75 Å². The fourth-order valence-electron chi connectivity index (χ4n) is 5.11. The van der Waals surface area contributed by atoms with Crippen molar-refractivity contribution < 1.29 is 13.9 Å². The number of nitrogens with zero attached hydrogens (tertiary/aromatic N) is 6. The van der Waals surface area contributed by atoms with Crippen molar-refractivity contribution >= 4 is 17.3 Å². The molecule has 2 N–H and O–H groups in total. The summed E-state index contributed by atoms with van der Waals surface area (Å²) < 4.78 is 25.4. The van der Waals surface area contributed by atoms with Crippen LogP contribution < -0.4 is 20.3 Å². The molecule has 0 spiro atoms. The van der Waals surface area contributed by atoms with E-state index in [1.807, 2.05) is 12.1 Å². The summed E-state index contributed by atoms with van der Waals surface area (Å²) in [6.45, 7) is 6.76. The van der Waals surface area contributed by atoms with E-state index >= 15 is 0 Å². The number of halogens is 1. The molecule has 2 aromatic carbocycles. The monoisotopic (exact) mass is 546 g/mol. The summed E-state index contributed by atoms with van der Waals surface area (Å²) in [4.78, 5) is 18.0. The predicted molar refractivity (Wildman–Crippen MR) is 152 cm³/mol. The summed E-state index contributed by atoms with van der Waals surface area (Å²) in [6, 6.07) is 16.1. The summed E-state index contributed by atoms with van der Waals surface area (Å²) in [5.74, 6) is 1.19. The maximum atomic E-state index is 14.2. The van der Waals surface area contributed by atoms with Gasteiger partial charge in [-0.15, -0.1) is 0 Å². The van der Waals surface area contributed by atoms with Gasteiger partial charge in [-0.3, -0.25) is 4.90 Å². The first-order valence-electron chi connectivity index (χ1n) is 13.3. The Labute approximate surface area is 234 Å². The Bertz CT molecular complexity index is 1320. The number of benzene rings is 2. The van der Waals surface area contributed by atoms with Crippen molar-refractivity contribution in [1.29, 1.82) is 5.26 Å². The van der Waals surface area contributed by atoms with Gasteiger partial charge in [-0.1, -0.05) is 7.43 Å². The number of piperidine rings is 1. The lowest BCUT2D eigenvalue weighted by Crippen LogP contribution is -2.56. The minimum Gasteiger partial charge on any atom is -0.486 e. The first kappa shape index (κ1) is 27.7. The van der Waals surface area contributed by atoms with Crippen LogP contribution in [0.2, 0.25) is 0 Å². The summed E-state index contributed by atoms with van der Waals surface area (Å²) in [5.41, 5.74) is 3.02. The molecule has 0 unspecified atom stereocenters. The zero-order valence-electron chi connectivity index (χ0n) is 21.6. The van der Waals surface area contributed by atoms with E-state index in [1.165, 1.54) is 12.0 Å². The second kappa shape index (κ2) is 12.6. The van der Waals surface area contributed by atoms with E-state index in [4.69, 9.17) is 9.47 Å². The lowest BCUT2D eigenvalue weighted by Gasteiger charge is -2.43. The van der Waals surface area contributed by atoms with Crippen LogP contribution in [0.4, 0.5) is 21.7 Å². The highest BCUT2D eigenvalue weighted by Gasteiger charge is 2.29. The number of nitriles is 1. The Morgan fingerprint density at radius 1 is 1.07 bits per heavy atom. The molecule has 1 aromatic heterocycles. The second-order valence-electron chi connectivity index (χ2n) is 10.0. The summed E-state index contributed by atoms with van der Waals surface area (Å²) in [7, 11) is 0. The van der Waals surface area contributed by atoms with Gasteiger partial charge in [0.05, 0.1) is 24.8 Å². The van der Waals surface area contributed by atoms with Gasteiger partial charge in [0.1, 0.15) is 30.4 Å². The highest BCUT2D eigenvalue weighted by molar-refractivity contribution is 5.64. The van der Waals surface area contributed by atoms with Gasteiger partial charge in [-0.05, 0) is 55.4 Å². The van der Waals surface area contributed by atoms with Crippen LogP contribution in [0.25, 0.3) is 11.4 Å². The molecule has 0 radical (unpaired) electrons. The molecule has 3 aromatic rings. The first-order chi connectivity index (χ1) is 19.2. The highest BCUT2D eigenvalue weighted by Crippen LogP contribution is 2.28. The number of alkyl halides is 1. The predicted octanol–water partition coefficient (Wildman–Crippen LogP) is 3.39. The molecular formula is C29H35FN8O2. The maximum Gasteiger partial charge on any atom is 0.230 e. The van der Waals surface area contributed by atoms with Crippen LogP contribution in [0, 0.1) is 11.3 Å². The SMILES string of the molecule is C.N#Cc1cc(-c2ncnc(Nc3ccc(N4CCN(C5COC5)CC4)cc3)n2)ccc1O[C@H]1CCNC[C@H]1F. The second-order valence-corrected chi connectivity index (χ2v) is 10.0. The molecule has 40 heavy (non-hydrogen) atoms. The molecule has 6 rings (SSSR count). The van der Waals surface area contributed by atoms with Gasteiger partial charge < -0.3 is 25.0 Å². The molecule has 3 aliphatic heterocycles. The fourth-order valence-corrected chi connectivity index (χ4v) is 5.11. The number of piperazine rings is 1. The minimum absolute atomic E-state index is 0. The zero-order chi connectivity index (χ0) is 26.6. The third kappa shape index (κ3) is 6.14. The number of aromatic nitrogens is 3. The summed E-state index contributed by atoms with van der Waals surface area (Å²) in [6.07, 6.45) is 0.291. The molecule has 2 atom stereocenters. The number of hydrogen-bond donors (Lipinski definition) is 2. The van der Waals surface area contributed by atoms with E-state index < -0.39 is 12.3 Å². The Balaban J connectivity index is 0.00000323. The third-order valence-corrected chi connectivity index (χ3v) is 7.50. The van der Waals surface area contributed by atoms with Crippen LogP contribution in [0.3, 0.4) is 0 Å². The highest BCUT2D eigenvalue weighted by atomic mass is 19.1. The molecule has 3 fully saturated rings. The van der Waals surface area contributed by atoms with Crippen LogP contribution in [-0.2, 0) is 4.74 Å². The quantitative estimate of drug-likeness (QED) is 0.457. The van der Waals surface area contributed by atoms with Crippen molar-refractivity contribution in [3.8, 4) is 23.2 Å². The summed E-state index contributed by atoms with van der Waals surface area (Å²) in [5, 5.41) is 15.9. The molecule has 0 bridgehead atoms. The molecule has 10 nitrogen and oxygen atoms in total. The molecular weight excluding hydrogens is 511 g/mol. The minimum atomic E-state index is -1.12. The molecule has 3 saturated heterocycles. The smallest absolute Gasteiger partial charge is 0.230 e. The molecule has 0 aliphatic carbocycles. The Kier molecular flexibility index (Phi) is 8.69. The topological polar surface area (TPSA) is 111 Å². The number of hydrogen-bond acceptors (Lipinski definition) is 10. The number of anilines is 3. The van der Waals surface area contributed by atoms with Gasteiger partial charge in [0.2, 0.25) is 5.95 Å². The van der Waals surface area contributed by atoms with Gasteiger partial charge in [0.15, 0.2) is 5.82 Å². The van der Waals surface area contributed by atoms with E-state index in [-0.39, 0.29) is 14.0 Å². The van der Waals surface area contributed by atoms with Gasteiger partial charge >= 0.3 is 0 Å². The normalized spacial score (nSPS) is 21.6. The van der Waals surface area contributed by atoms with Crippen molar-refractivity contribution in [2.75, 3.05) is 62.7 Å². The molecule has 0 saturated carbocycles. The van der Waals surface area contributed by atoms with Crippen molar-refractivity contribution in [3.63, 3.8) is 0 Å². The van der Waals surface area contributed by atoms with E-state index in [2.05, 4.69) is 53.6 Å². The zero-order valence-corrected chi connectivity index (χ0v) is 21.6. The van der Waals surface area contributed by atoms with Gasteiger partial charge in [-0.2, -0.15) is 10.2 Å². The molecule has 4 heterocycles. The number of rotatable bonds is 7. The average Bonchev–Trinajstić information content (AvgIpc) is 2.95. The van der Waals surface area contributed by atoms with Crippen molar-refractivity contribution in [2.24, 2.45) is 0 Å². The summed E-state index contributed by atoms with van der Waals surface area (Å²) >= 11 is 0. The maximum absolute atomic E-state index is 14.2. The van der Waals surface area contributed by atoms with Gasteiger partial charge in [-0.25, -0.2) is 14.4 Å². The largest absolute Gasteiger partial charge is 0.486 e. The van der Waals surface area contributed by atoms with Crippen LogP contribution in [0.15, 0.2) is 48.8 Å². The standard InChI is InChI=1S/C28H31FN8O2.CH4/c29-24-15-31-8-7-26(24)39-25-6-1-19(13-20(25)14-30)27-32-18-33-28(35-27)34-21-2-4-22(5-3-21)36-9-11-37(12-10-36)23-16-38-17-23;/h1-6,13,18,23-24,26,31H,7-12,15-17H2,(H,32,33,34,35);1H4/t24-,26+;/m1./s1. The van der Waals surface area contributed by atoms with E-state index in [0.717, 1.165) is 45.1 Å². The Morgan fingerprint density at radius 3 is 2.58 bits per heavy atom. The number of nitrogens with one attached hydrogen (secondary N) is 2. The van der Waals surface area contributed by atoms with Crippen molar-refractivity contribution in [3.05, 3.63) is 54.4 Å². The van der Waals surface area contributed by atoms with Crippen LogP contribution in [-0.4, -0.2) is 90.7 Å². The fraction of sp³-hybridized carbons (Fsp3) is 0.448. The Morgan fingerprint density at radius 2 is 1.88 bits per heavy atom. The number of ether oxygens (including phenoxy) is 2. The lowest BCUT2D eigenvalue weighted by atomic mass is 10.1. The van der Waals surface area contributed by atoms with Crippen molar-refractivity contribution in [2.45, 2.75) is 32.2 Å². The van der Waals surface area contributed by atoms with Gasteiger partial charge in [0.25, 0.3) is 0 Å². The van der Waals surface area contributed by atoms with Crippen LogP contribution in [0.1, 0.15) is 19.4 Å². The first-order valence-corrected chi connectivity index (χ1v) is 13.3. The molecule has 210 valence electrons. The van der Waals surface area contributed by atoms with Crippen LogP contribution >= 0.6 is 0 Å². The van der Waals surface area contributed by atoms with E-state index in [0.29, 0.717) is 47.7 Å². The van der Waals surface area contributed by atoms with E-state index in [1.54, 1.807) is 18.2 Å². The lowest BCUT2D eigenvalue weighted by molar-refractivity contribution is -0.0660. The Hall–Kier alpha value is -3.85.